The molecule has 1 aromatic rings. The lowest BCUT2D eigenvalue weighted by molar-refractivity contribution is -0.185. The van der Waals surface area contributed by atoms with E-state index in [0.717, 1.165) is 11.3 Å². The maximum Gasteiger partial charge on any atom is 0.391 e. The van der Waals surface area contributed by atoms with E-state index in [2.05, 4.69) is 0 Å². The molecule has 0 amide bonds. The molecule has 3 atom stereocenters. The number of hydrogen-bond acceptors (Lipinski definition) is 1. The predicted octanol–water partition coefficient (Wildman–Crippen LogP) is 5.27. The molecule has 1 saturated carbocycles. The van der Waals surface area contributed by atoms with Gasteiger partial charge in [0.2, 0.25) is 0 Å². The number of halogens is 4. The van der Waals surface area contributed by atoms with E-state index in [1.54, 1.807) is 11.3 Å². The third-order valence-electron chi connectivity index (χ3n) is 3.67. The molecule has 0 spiro atoms. The summed E-state index contributed by atoms with van der Waals surface area (Å²) >= 11 is 7.92. The second kappa shape index (κ2) is 5.83. The smallest absolute Gasteiger partial charge is 0.171 e. The molecule has 0 bridgehead atoms. The predicted molar refractivity (Wildman–Crippen MR) is 69.2 cm³/mol. The maximum absolute atomic E-state index is 12.7. The van der Waals surface area contributed by atoms with Crippen LogP contribution in [0.4, 0.5) is 13.2 Å². The Labute approximate surface area is 114 Å². The lowest BCUT2D eigenvalue weighted by Crippen LogP contribution is -2.32. The molecule has 0 N–H and O–H groups in total. The van der Waals surface area contributed by atoms with Crippen molar-refractivity contribution < 1.29 is 13.2 Å². The van der Waals surface area contributed by atoms with Crippen LogP contribution >= 0.6 is 22.9 Å². The minimum absolute atomic E-state index is 0.00542. The summed E-state index contributed by atoms with van der Waals surface area (Å²) in [6.45, 7) is 0. The van der Waals surface area contributed by atoms with E-state index in [1.807, 2.05) is 17.5 Å². The van der Waals surface area contributed by atoms with Gasteiger partial charge in [-0.3, -0.25) is 0 Å². The molecule has 18 heavy (non-hydrogen) atoms. The summed E-state index contributed by atoms with van der Waals surface area (Å²) in [5, 5.41) is 1.80. The van der Waals surface area contributed by atoms with Gasteiger partial charge in [-0.25, -0.2) is 0 Å². The molecule has 5 heteroatoms. The Bertz CT molecular complexity index is 361. The highest BCUT2D eigenvalue weighted by Gasteiger charge is 2.43. The van der Waals surface area contributed by atoms with Gasteiger partial charge in [0, 0.05) is 10.3 Å². The second-order valence-electron chi connectivity index (χ2n) is 4.96. The van der Waals surface area contributed by atoms with Crippen LogP contribution in [0.1, 0.15) is 30.6 Å². The summed E-state index contributed by atoms with van der Waals surface area (Å²) in [6, 6.07) is 3.94. The molecule has 102 valence electrons. The van der Waals surface area contributed by atoms with E-state index in [1.165, 1.54) is 0 Å². The van der Waals surface area contributed by atoms with Crippen LogP contribution in [0.25, 0.3) is 0 Å². The topological polar surface area (TPSA) is 0 Å². The first-order chi connectivity index (χ1) is 8.47. The molecule has 0 radical (unpaired) electrons. The maximum atomic E-state index is 12.7. The third kappa shape index (κ3) is 3.64. The van der Waals surface area contributed by atoms with Crippen LogP contribution in [-0.2, 0) is 6.42 Å². The molecule has 1 fully saturated rings. The summed E-state index contributed by atoms with van der Waals surface area (Å²) < 4.78 is 38.1. The van der Waals surface area contributed by atoms with Gasteiger partial charge in [-0.2, -0.15) is 13.2 Å². The van der Waals surface area contributed by atoms with Crippen molar-refractivity contribution >= 4 is 22.9 Å². The lowest BCUT2D eigenvalue weighted by atomic mass is 9.78. The highest BCUT2D eigenvalue weighted by Crippen LogP contribution is 2.42. The zero-order chi connectivity index (χ0) is 13.2. The summed E-state index contributed by atoms with van der Waals surface area (Å²) in [4.78, 5) is 1.16. The summed E-state index contributed by atoms with van der Waals surface area (Å²) in [5.41, 5.74) is 0. The van der Waals surface area contributed by atoms with Crippen LogP contribution in [0.15, 0.2) is 17.5 Å². The molecule has 0 nitrogen and oxygen atoms in total. The number of thiophene rings is 1. The molecule has 3 unspecified atom stereocenters. The first kappa shape index (κ1) is 14.2. The van der Waals surface area contributed by atoms with Crippen LogP contribution in [0.3, 0.4) is 0 Å². The number of rotatable bonds is 3. The van der Waals surface area contributed by atoms with Crippen LogP contribution in [0, 0.1) is 11.8 Å². The van der Waals surface area contributed by atoms with Gasteiger partial charge in [0.05, 0.1) is 5.92 Å². The summed E-state index contributed by atoms with van der Waals surface area (Å²) in [5.74, 6) is -1.16. The summed E-state index contributed by atoms with van der Waals surface area (Å²) in [6.07, 6.45) is -1.44. The Kier molecular flexibility index (Phi) is 4.59. The fraction of sp³-hybridized carbons (Fsp3) is 0.692. The molecule has 0 aliphatic heterocycles. The second-order valence-corrected chi connectivity index (χ2v) is 6.56. The van der Waals surface area contributed by atoms with Crippen LogP contribution in [0.2, 0.25) is 0 Å². The van der Waals surface area contributed by atoms with Crippen molar-refractivity contribution in [3.8, 4) is 0 Å². The molecule has 0 aromatic carbocycles. The molecule has 1 aromatic heterocycles. The highest BCUT2D eigenvalue weighted by atomic mass is 35.5. The quantitative estimate of drug-likeness (QED) is 0.667. The third-order valence-corrected chi connectivity index (χ3v) is 5.07. The fourth-order valence-electron chi connectivity index (χ4n) is 2.64. The minimum Gasteiger partial charge on any atom is -0.171 e. The molecule has 0 saturated heterocycles. The molecular formula is C13H16ClF3S. The Morgan fingerprint density at radius 1 is 1.39 bits per heavy atom. The average molecular weight is 297 g/mol. The Morgan fingerprint density at radius 2 is 2.17 bits per heavy atom. The Balaban J connectivity index is 1.92. The summed E-state index contributed by atoms with van der Waals surface area (Å²) in [7, 11) is 0. The molecule has 1 aliphatic rings. The highest BCUT2D eigenvalue weighted by molar-refractivity contribution is 7.09. The van der Waals surface area contributed by atoms with E-state index < -0.39 is 12.1 Å². The van der Waals surface area contributed by atoms with Crippen molar-refractivity contribution in [2.75, 3.05) is 0 Å². The normalized spacial score (nSPS) is 27.1. The van der Waals surface area contributed by atoms with Gasteiger partial charge in [0.25, 0.3) is 0 Å². The van der Waals surface area contributed by atoms with Crippen molar-refractivity contribution in [1.29, 1.82) is 0 Å². The largest absolute Gasteiger partial charge is 0.391 e. The van der Waals surface area contributed by atoms with E-state index in [9.17, 15) is 13.2 Å². The van der Waals surface area contributed by atoms with Gasteiger partial charge in [-0.15, -0.1) is 22.9 Å². The standard InChI is InChI=1S/C13H16ClF3S/c14-12(8-11-5-2-6-18-11)9-3-1-4-10(7-9)13(15,16)17/h2,5-6,9-10,12H,1,3-4,7-8H2. The minimum atomic E-state index is -4.06. The Hall–Kier alpha value is -0.220. The molecular weight excluding hydrogens is 281 g/mol. The van der Waals surface area contributed by atoms with Gasteiger partial charge in [0.15, 0.2) is 0 Å². The number of hydrogen-bond donors (Lipinski definition) is 0. The number of alkyl halides is 4. The van der Waals surface area contributed by atoms with E-state index >= 15 is 0 Å². The van der Waals surface area contributed by atoms with Gasteiger partial charge >= 0.3 is 6.18 Å². The fourth-order valence-corrected chi connectivity index (χ4v) is 3.89. The molecule has 1 aliphatic carbocycles. The van der Waals surface area contributed by atoms with Crippen LogP contribution < -0.4 is 0 Å². The Morgan fingerprint density at radius 3 is 2.78 bits per heavy atom. The van der Waals surface area contributed by atoms with Gasteiger partial charge in [0.1, 0.15) is 0 Å². The zero-order valence-electron chi connectivity index (χ0n) is 9.92. The van der Waals surface area contributed by atoms with Gasteiger partial charge < -0.3 is 0 Å². The van der Waals surface area contributed by atoms with E-state index in [0.29, 0.717) is 12.8 Å². The van der Waals surface area contributed by atoms with Crippen LogP contribution in [0.5, 0.6) is 0 Å². The molecule has 1 heterocycles. The van der Waals surface area contributed by atoms with Gasteiger partial charge in [-0.1, -0.05) is 12.5 Å². The van der Waals surface area contributed by atoms with Gasteiger partial charge in [-0.05, 0) is 43.0 Å². The molecule has 2 rings (SSSR count). The first-order valence-electron chi connectivity index (χ1n) is 6.20. The van der Waals surface area contributed by atoms with Crippen molar-refractivity contribution in [1.82, 2.24) is 0 Å². The average Bonchev–Trinajstić information content (AvgIpc) is 2.81. The monoisotopic (exact) mass is 296 g/mol. The zero-order valence-corrected chi connectivity index (χ0v) is 11.5. The van der Waals surface area contributed by atoms with Crippen molar-refractivity contribution in [2.45, 2.75) is 43.7 Å². The van der Waals surface area contributed by atoms with Crippen molar-refractivity contribution in [3.63, 3.8) is 0 Å². The van der Waals surface area contributed by atoms with Crippen molar-refractivity contribution in [2.24, 2.45) is 11.8 Å². The van der Waals surface area contributed by atoms with E-state index in [-0.39, 0.29) is 24.1 Å². The van der Waals surface area contributed by atoms with Crippen LogP contribution in [-0.4, -0.2) is 11.6 Å². The SMILES string of the molecule is FC(F)(F)C1CCCC(C(Cl)Cc2cccs2)C1. The lowest BCUT2D eigenvalue weighted by Gasteiger charge is -2.32. The first-order valence-corrected chi connectivity index (χ1v) is 7.51. The van der Waals surface area contributed by atoms with Crippen molar-refractivity contribution in [3.05, 3.63) is 22.4 Å². The van der Waals surface area contributed by atoms with E-state index in [4.69, 9.17) is 11.6 Å².